The lowest BCUT2D eigenvalue weighted by Crippen LogP contribution is -2.39. The Morgan fingerprint density at radius 2 is 1.13 bits per heavy atom. The molecule has 9 aromatic rings. The van der Waals surface area contributed by atoms with Crippen molar-refractivity contribution in [1.29, 1.82) is 0 Å². The van der Waals surface area contributed by atoms with Gasteiger partial charge < -0.3 is 29.5 Å². The monoisotopic (exact) mass is 1190 g/mol. The number of benzene rings is 3. The van der Waals surface area contributed by atoms with Gasteiger partial charge in [-0.25, -0.2) is 29.4 Å². The maximum atomic E-state index is 12.2. The quantitative estimate of drug-likeness (QED) is 0.0293. The summed E-state index contributed by atoms with van der Waals surface area (Å²) in [5.74, 6) is 2.80. The Balaban J connectivity index is 0.000000170. The summed E-state index contributed by atoms with van der Waals surface area (Å²) in [5.41, 5.74) is 3.99. The largest absolute Gasteiger partial charge is 0.496 e. The SMILES string of the molecule is O=C(CSc1n[nH]c(-c2ccccc2)n1)NC(=O)NCc1ccco1.O=C(CSc1n[nH]c(-c2ccccc2Br)n1)NC(=O)NCc1ccco1.[C-]#[N+]c1c(NC(=O)CSc2n[nH]c(-c3ccccc3OC)n2)sc(C)c1C. The van der Waals surface area contributed by atoms with Crippen molar-refractivity contribution in [2.45, 2.75) is 42.4 Å². The van der Waals surface area contributed by atoms with Crippen LogP contribution in [0.3, 0.4) is 0 Å². The molecule has 0 fully saturated rings. The highest BCUT2D eigenvalue weighted by molar-refractivity contribution is 9.10. The van der Waals surface area contributed by atoms with E-state index >= 15 is 0 Å². The number of H-pyrrole nitrogens is 3. The molecule has 400 valence electrons. The summed E-state index contributed by atoms with van der Waals surface area (Å²) < 4.78 is 16.4. The van der Waals surface area contributed by atoms with Crippen LogP contribution in [0.25, 0.3) is 39.0 Å². The number of rotatable bonds is 18. The number of methoxy groups -OCH3 is 1. The number of aromatic amines is 3. The number of para-hydroxylation sites is 1. The molecule has 8 N–H and O–H groups in total. The standard InChI is InChI=1S/C18H17N5O2S2.C16H14BrN5O3S.C16H15N5O3S/c1-10-11(2)27-17(15(10)19-3)20-14(24)9-26-18-21-16(22-23-18)12-7-5-6-8-13(12)25-4;17-12-6-2-1-5-11(12)14-20-16(22-21-14)26-9-13(23)19-15(24)18-8-10-4-3-7-25-10;22-13(18-15(23)17-9-12-7-4-8-24-12)10-25-16-19-14(20-21-16)11-5-2-1-3-6-11/h5-8H,9H2,1-2,4H3,(H,20,24)(H,21,22,23);1-7H,8-9H2,(H,20,21,22)(H2,18,19,23,24);1-8H,9-10H2,(H,19,20,21)(H2,17,18,22,23). The van der Waals surface area contributed by atoms with Crippen molar-refractivity contribution in [2.24, 2.45) is 0 Å². The van der Waals surface area contributed by atoms with Crippen LogP contribution >= 0.6 is 62.6 Å². The third-order valence-corrected chi connectivity index (χ3v) is 14.5. The highest BCUT2D eigenvalue weighted by Gasteiger charge is 2.18. The minimum Gasteiger partial charge on any atom is -0.496 e. The average Bonchev–Trinajstić information content (AvgIpc) is 4.33. The maximum Gasteiger partial charge on any atom is 0.321 e. The number of thiophene rings is 1. The van der Waals surface area contributed by atoms with E-state index in [1.165, 1.54) is 35.6 Å². The molecule has 6 heterocycles. The van der Waals surface area contributed by atoms with Crippen LogP contribution in [0, 0.1) is 20.4 Å². The first-order chi connectivity index (χ1) is 37.8. The molecule has 6 aromatic heterocycles. The lowest BCUT2D eigenvalue weighted by molar-refractivity contribution is -0.118. The van der Waals surface area contributed by atoms with E-state index < -0.39 is 23.9 Å². The molecule has 0 spiro atoms. The Kier molecular flexibility index (Phi) is 21.4. The fraction of sp³-hybridized carbons (Fsp3) is 0.160. The highest BCUT2D eigenvalue weighted by atomic mass is 79.9. The van der Waals surface area contributed by atoms with Crippen LogP contribution in [-0.4, -0.2) is 99.7 Å². The lowest BCUT2D eigenvalue weighted by atomic mass is 10.2. The summed E-state index contributed by atoms with van der Waals surface area (Å²) in [6.45, 7) is 11.5. The molecule has 28 heteroatoms. The minimum atomic E-state index is -0.587. The first-order valence-electron chi connectivity index (χ1n) is 22.9. The third kappa shape index (κ3) is 17.3. The normalized spacial score (nSPS) is 10.4. The summed E-state index contributed by atoms with van der Waals surface area (Å²) >= 11 is 8.35. The van der Waals surface area contributed by atoms with Crippen LogP contribution in [0.5, 0.6) is 5.75 Å². The number of hydrogen-bond donors (Lipinski definition) is 8. The number of aryl methyl sites for hydroxylation is 1. The number of urea groups is 2. The van der Waals surface area contributed by atoms with E-state index in [0.29, 0.717) is 60.9 Å². The third-order valence-electron chi connectivity index (χ3n) is 10.2. The molecule has 0 saturated heterocycles. The molecule has 0 radical (unpaired) electrons. The summed E-state index contributed by atoms with van der Waals surface area (Å²) in [4.78, 5) is 76.7. The van der Waals surface area contributed by atoms with Crippen LogP contribution in [0.4, 0.5) is 20.3 Å². The van der Waals surface area contributed by atoms with Gasteiger partial charge >= 0.3 is 12.1 Å². The molecule has 78 heavy (non-hydrogen) atoms. The summed E-state index contributed by atoms with van der Waals surface area (Å²) in [7, 11) is 1.60. The molecule has 3 aromatic carbocycles. The van der Waals surface area contributed by atoms with E-state index in [2.05, 4.69) is 92.9 Å². The van der Waals surface area contributed by atoms with Crippen LogP contribution in [0.1, 0.15) is 22.0 Å². The Morgan fingerprint density at radius 3 is 1.65 bits per heavy atom. The van der Waals surface area contributed by atoms with E-state index in [9.17, 15) is 24.0 Å². The Bertz CT molecular complexity index is 3470. The van der Waals surface area contributed by atoms with Crippen molar-refractivity contribution in [2.75, 3.05) is 29.7 Å². The number of hydrogen-bond acceptors (Lipinski definition) is 18. The van der Waals surface area contributed by atoms with Gasteiger partial charge in [-0.1, -0.05) is 112 Å². The van der Waals surface area contributed by atoms with Gasteiger partial charge in [-0.05, 0) is 66.8 Å². The molecule has 0 aliphatic carbocycles. The second-order valence-corrected chi connectivity index (χ2v) is 20.5. The van der Waals surface area contributed by atoms with Gasteiger partial charge in [0.25, 0.3) is 0 Å². The first-order valence-corrected chi connectivity index (χ1v) is 27.5. The fourth-order valence-corrected chi connectivity index (χ4v) is 9.64. The fourth-order valence-electron chi connectivity index (χ4n) is 6.35. The zero-order valence-electron chi connectivity index (χ0n) is 41.4. The van der Waals surface area contributed by atoms with Crippen LogP contribution in [-0.2, 0) is 27.5 Å². The number of carbonyl (C=O) groups excluding carboxylic acids is 5. The Labute approximate surface area is 470 Å². The summed E-state index contributed by atoms with van der Waals surface area (Å²) in [6.07, 6.45) is 3.02. The number of ether oxygens (including phenoxy) is 1. The average molecular weight is 1190 g/mol. The second-order valence-electron chi connectivity index (χ2n) is 15.6. The van der Waals surface area contributed by atoms with Gasteiger partial charge in [-0.3, -0.25) is 40.3 Å². The van der Waals surface area contributed by atoms with E-state index in [1.807, 2.05) is 92.7 Å². The Morgan fingerprint density at radius 1 is 0.641 bits per heavy atom. The van der Waals surface area contributed by atoms with Crippen molar-refractivity contribution in [3.05, 3.63) is 154 Å². The van der Waals surface area contributed by atoms with Crippen molar-refractivity contribution in [3.63, 3.8) is 0 Å². The van der Waals surface area contributed by atoms with E-state index in [0.717, 1.165) is 55.1 Å². The number of aromatic nitrogens is 9. The van der Waals surface area contributed by atoms with Crippen molar-refractivity contribution in [3.8, 4) is 39.9 Å². The number of amides is 7. The van der Waals surface area contributed by atoms with Gasteiger partial charge in [0.05, 0.1) is 62.1 Å². The van der Waals surface area contributed by atoms with Gasteiger partial charge in [0.1, 0.15) is 22.3 Å². The van der Waals surface area contributed by atoms with Crippen LogP contribution < -0.4 is 31.3 Å². The molecule has 9 rings (SSSR count). The molecule has 23 nitrogen and oxygen atoms in total. The number of halogens is 1. The summed E-state index contributed by atoms with van der Waals surface area (Å²) in [6, 6.07) is 30.3. The van der Waals surface area contributed by atoms with E-state index in [4.69, 9.17) is 20.1 Å². The molecule has 0 aliphatic heterocycles. The van der Waals surface area contributed by atoms with E-state index in [-0.39, 0.29) is 36.3 Å². The predicted octanol–water partition coefficient (Wildman–Crippen LogP) is 9.57. The zero-order valence-corrected chi connectivity index (χ0v) is 46.3. The van der Waals surface area contributed by atoms with Gasteiger partial charge in [0.15, 0.2) is 17.5 Å². The molecular formula is C50H46BrN15O8S4. The smallest absolute Gasteiger partial charge is 0.321 e. The number of nitrogens with one attached hydrogen (secondary N) is 8. The van der Waals surface area contributed by atoms with Gasteiger partial charge in [0.2, 0.25) is 38.9 Å². The van der Waals surface area contributed by atoms with Crippen molar-refractivity contribution < 1.29 is 37.5 Å². The molecule has 7 amide bonds. The van der Waals surface area contributed by atoms with Gasteiger partial charge in [-0.2, -0.15) is 0 Å². The first kappa shape index (κ1) is 57.2. The number of anilines is 1. The zero-order chi connectivity index (χ0) is 55.2. The highest BCUT2D eigenvalue weighted by Crippen LogP contribution is 2.39. The predicted molar refractivity (Wildman–Crippen MR) is 299 cm³/mol. The minimum absolute atomic E-state index is 0.0153. The van der Waals surface area contributed by atoms with Crippen molar-refractivity contribution in [1.82, 2.24) is 66.8 Å². The number of imide groups is 2. The molecule has 0 atom stereocenters. The lowest BCUT2D eigenvalue weighted by Gasteiger charge is -2.04. The van der Waals surface area contributed by atoms with Crippen molar-refractivity contribution >= 4 is 103 Å². The van der Waals surface area contributed by atoms with Crippen LogP contribution in [0.2, 0.25) is 0 Å². The van der Waals surface area contributed by atoms with E-state index in [1.54, 1.807) is 31.4 Å². The number of thioether (sulfide) groups is 3. The van der Waals surface area contributed by atoms with Gasteiger partial charge in [-0.15, -0.1) is 26.6 Å². The molecular weight excluding hydrogens is 1150 g/mol. The second kappa shape index (κ2) is 29.1. The number of carbonyl (C=O) groups is 5. The summed E-state index contributed by atoms with van der Waals surface area (Å²) in [5, 5.41) is 35.0. The van der Waals surface area contributed by atoms with Crippen LogP contribution in [0.15, 0.2) is 144 Å². The maximum absolute atomic E-state index is 12.2. The topological polar surface area (TPSA) is 310 Å². The molecule has 0 bridgehead atoms. The van der Waals surface area contributed by atoms with Gasteiger partial charge in [0, 0.05) is 15.6 Å². The Hall–Kier alpha value is -8.49. The molecule has 0 aliphatic rings. The molecule has 0 unspecified atom stereocenters. The number of nitrogens with zero attached hydrogens (tertiary/aromatic N) is 7. The molecule has 0 saturated carbocycles. The number of furan rings is 2.